The van der Waals surface area contributed by atoms with Crippen LogP contribution >= 0.6 is 0 Å². The maximum Gasteiger partial charge on any atom is 0.261 e. The van der Waals surface area contributed by atoms with Gasteiger partial charge in [0.05, 0.1) is 43.1 Å². The van der Waals surface area contributed by atoms with Crippen LogP contribution < -0.4 is 14.8 Å². The Labute approximate surface area is 164 Å². The molecule has 28 heavy (non-hydrogen) atoms. The molecule has 0 aliphatic heterocycles. The minimum atomic E-state index is 0.0941. The van der Waals surface area contributed by atoms with Crippen molar-refractivity contribution in [3.63, 3.8) is 0 Å². The van der Waals surface area contributed by atoms with Gasteiger partial charge in [0, 0.05) is 6.04 Å². The van der Waals surface area contributed by atoms with Gasteiger partial charge in [0.25, 0.3) is 5.88 Å². The van der Waals surface area contributed by atoms with Gasteiger partial charge in [-0.3, -0.25) is 4.98 Å². The van der Waals surface area contributed by atoms with Crippen molar-refractivity contribution >= 4 is 5.65 Å². The van der Waals surface area contributed by atoms with E-state index in [4.69, 9.17) is 9.47 Å². The average molecular weight is 382 g/mol. The van der Waals surface area contributed by atoms with Gasteiger partial charge >= 0.3 is 0 Å². The van der Waals surface area contributed by atoms with Crippen molar-refractivity contribution in [1.82, 2.24) is 29.9 Å². The third kappa shape index (κ3) is 3.96. The summed E-state index contributed by atoms with van der Waals surface area (Å²) in [6, 6.07) is 2.05. The summed E-state index contributed by atoms with van der Waals surface area (Å²) in [5, 5.41) is 8.03. The molecule has 1 atom stereocenters. The van der Waals surface area contributed by atoms with Crippen LogP contribution in [0.4, 0.5) is 0 Å². The molecule has 3 rings (SSSR count). The molecule has 3 aromatic heterocycles. The maximum atomic E-state index is 5.85. The molecular formula is C20H26N6O2. The highest BCUT2D eigenvalue weighted by atomic mass is 16.5. The summed E-state index contributed by atoms with van der Waals surface area (Å²) in [6.45, 7) is 11.1. The second-order valence-corrected chi connectivity index (χ2v) is 6.39. The molecular weight excluding hydrogens is 356 g/mol. The Hall–Kier alpha value is -3.00. The number of hydrogen-bond acceptors (Lipinski definition) is 7. The van der Waals surface area contributed by atoms with Crippen LogP contribution in [0.15, 0.2) is 31.1 Å². The molecule has 0 fully saturated rings. The van der Waals surface area contributed by atoms with Crippen molar-refractivity contribution in [1.29, 1.82) is 0 Å². The van der Waals surface area contributed by atoms with E-state index in [0.717, 1.165) is 23.5 Å². The third-order valence-electron chi connectivity index (χ3n) is 4.37. The molecule has 0 amide bonds. The monoisotopic (exact) mass is 382 g/mol. The molecule has 3 heterocycles. The number of pyridine rings is 1. The fraction of sp³-hybridized carbons (Fsp3) is 0.400. The van der Waals surface area contributed by atoms with Gasteiger partial charge in [0.1, 0.15) is 5.75 Å². The maximum absolute atomic E-state index is 5.85. The lowest BCUT2D eigenvalue weighted by molar-refractivity contribution is 0.313. The minimum absolute atomic E-state index is 0.0941. The number of imidazole rings is 1. The lowest BCUT2D eigenvalue weighted by atomic mass is 10.1. The number of methoxy groups -OCH3 is 1. The van der Waals surface area contributed by atoms with Crippen molar-refractivity contribution in [3.05, 3.63) is 42.5 Å². The molecule has 0 radical (unpaired) electrons. The second kappa shape index (κ2) is 8.79. The minimum Gasteiger partial charge on any atom is -0.494 e. The Bertz CT molecular complexity index is 969. The van der Waals surface area contributed by atoms with Crippen LogP contribution in [0.3, 0.4) is 0 Å². The molecule has 1 N–H and O–H groups in total. The first-order chi connectivity index (χ1) is 13.6. The van der Waals surface area contributed by atoms with E-state index in [0.29, 0.717) is 36.1 Å². The lowest BCUT2D eigenvalue weighted by Gasteiger charge is -2.15. The number of nitrogens with zero attached hydrogens (tertiary/aromatic N) is 5. The lowest BCUT2D eigenvalue weighted by Crippen LogP contribution is -2.19. The summed E-state index contributed by atoms with van der Waals surface area (Å²) in [5.41, 5.74) is 3.11. The molecule has 0 aliphatic rings. The Kier molecular flexibility index (Phi) is 6.20. The second-order valence-electron chi connectivity index (χ2n) is 6.39. The normalized spacial score (nSPS) is 12.1. The third-order valence-corrected chi connectivity index (χ3v) is 4.37. The first kappa shape index (κ1) is 19.8. The Morgan fingerprint density at radius 2 is 2.14 bits per heavy atom. The van der Waals surface area contributed by atoms with Gasteiger partial charge < -0.3 is 14.8 Å². The SMILES string of the molecule is C=CCCOc1nc(-c2cc([C@@H](C)NCC)ncc2OC)nn2c(C)cnc12. The number of nitrogens with one attached hydrogen (secondary N) is 1. The van der Waals surface area contributed by atoms with Gasteiger partial charge in [0.2, 0.25) is 5.65 Å². The van der Waals surface area contributed by atoms with Crippen LogP contribution in [0, 0.1) is 6.92 Å². The number of rotatable bonds is 9. The summed E-state index contributed by atoms with van der Waals surface area (Å²) in [7, 11) is 1.61. The summed E-state index contributed by atoms with van der Waals surface area (Å²) < 4.78 is 13.1. The van der Waals surface area contributed by atoms with Gasteiger partial charge in [0.15, 0.2) is 5.82 Å². The highest BCUT2D eigenvalue weighted by molar-refractivity contribution is 5.66. The van der Waals surface area contributed by atoms with Crippen LogP contribution in [0.1, 0.15) is 37.7 Å². The highest BCUT2D eigenvalue weighted by Crippen LogP contribution is 2.31. The smallest absolute Gasteiger partial charge is 0.261 e. The fourth-order valence-corrected chi connectivity index (χ4v) is 2.86. The van der Waals surface area contributed by atoms with Crippen molar-refractivity contribution in [3.8, 4) is 23.0 Å². The topological polar surface area (TPSA) is 86.5 Å². The molecule has 8 heteroatoms. The van der Waals surface area contributed by atoms with E-state index >= 15 is 0 Å². The standard InChI is InChI=1S/C20H26N6O2/c1-6-8-9-28-20-19-23-11-13(3)26(19)25-18(24-20)15-10-16(14(4)21-7-2)22-12-17(15)27-5/h6,10-12,14,21H,1,7-9H2,2-5H3/t14-/m1/s1. The molecule has 148 valence electrons. The average Bonchev–Trinajstić information content (AvgIpc) is 3.09. The zero-order valence-corrected chi connectivity index (χ0v) is 16.8. The Morgan fingerprint density at radius 3 is 2.86 bits per heavy atom. The predicted molar refractivity (Wildman–Crippen MR) is 108 cm³/mol. The summed E-state index contributed by atoms with van der Waals surface area (Å²) >= 11 is 0. The molecule has 0 bridgehead atoms. The van der Waals surface area contributed by atoms with Crippen LogP contribution in [-0.2, 0) is 0 Å². The van der Waals surface area contributed by atoms with Gasteiger partial charge in [-0.15, -0.1) is 11.7 Å². The number of aromatic nitrogens is 5. The molecule has 0 saturated carbocycles. The van der Waals surface area contributed by atoms with Crippen molar-refractivity contribution < 1.29 is 9.47 Å². The van der Waals surface area contributed by atoms with Crippen molar-refractivity contribution in [2.45, 2.75) is 33.2 Å². The number of ether oxygens (including phenoxy) is 2. The summed E-state index contributed by atoms with van der Waals surface area (Å²) in [6.07, 6.45) is 5.96. The number of hydrogen-bond donors (Lipinski definition) is 1. The van der Waals surface area contributed by atoms with E-state index in [9.17, 15) is 0 Å². The Balaban J connectivity index is 2.12. The van der Waals surface area contributed by atoms with Crippen LogP contribution in [-0.4, -0.2) is 44.8 Å². The van der Waals surface area contributed by atoms with E-state index < -0.39 is 0 Å². The summed E-state index contributed by atoms with van der Waals surface area (Å²) in [4.78, 5) is 13.5. The molecule has 0 spiro atoms. The van der Waals surface area contributed by atoms with Crippen molar-refractivity contribution in [2.24, 2.45) is 0 Å². The zero-order chi connectivity index (χ0) is 20.1. The van der Waals surface area contributed by atoms with Crippen LogP contribution in [0.25, 0.3) is 17.0 Å². The molecule has 3 aromatic rings. The molecule has 0 saturated heterocycles. The summed E-state index contributed by atoms with van der Waals surface area (Å²) in [5.74, 6) is 1.52. The fourth-order valence-electron chi connectivity index (χ4n) is 2.86. The van der Waals surface area contributed by atoms with Crippen LogP contribution in [0.2, 0.25) is 0 Å². The molecule has 0 aliphatic carbocycles. The quantitative estimate of drug-likeness (QED) is 0.449. The number of aryl methyl sites for hydroxylation is 1. The van der Waals surface area contributed by atoms with E-state index in [2.05, 4.69) is 45.8 Å². The molecule has 8 nitrogen and oxygen atoms in total. The molecule has 0 unspecified atom stereocenters. The van der Waals surface area contributed by atoms with E-state index in [-0.39, 0.29) is 6.04 Å². The largest absolute Gasteiger partial charge is 0.494 e. The van der Waals surface area contributed by atoms with E-state index in [1.165, 1.54) is 0 Å². The van der Waals surface area contributed by atoms with Crippen LogP contribution in [0.5, 0.6) is 11.6 Å². The number of fused-ring (bicyclic) bond motifs is 1. The van der Waals surface area contributed by atoms with Gasteiger partial charge in [-0.25, -0.2) is 9.50 Å². The molecule has 0 aromatic carbocycles. The van der Waals surface area contributed by atoms with Gasteiger partial charge in [-0.1, -0.05) is 13.0 Å². The zero-order valence-electron chi connectivity index (χ0n) is 16.8. The predicted octanol–water partition coefficient (Wildman–Crippen LogP) is 3.13. The van der Waals surface area contributed by atoms with Gasteiger partial charge in [-0.2, -0.15) is 4.98 Å². The first-order valence-corrected chi connectivity index (χ1v) is 9.32. The van der Waals surface area contributed by atoms with Crippen molar-refractivity contribution in [2.75, 3.05) is 20.3 Å². The Morgan fingerprint density at radius 1 is 1.32 bits per heavy atom. The van der Waals surface area contributed by atoms with E-state index in [1.54, 1.807) is 30.1 Å². The highest BCUT2D eigenvalue weighted by Gasteiger charge is 2.18. The van der Waals surface area contributed by atoms with Gasteiger partial charge in [-0.05, 0) is 32.9 Å². The van der Waals surface area contributed by atoms with E-state index in [1.807, 2.05) is 13.0 Å². The first-order valence-electron chi connectivity index (χ1n) is 9.32.